The predicted molar refractivity (Wildman–Crippen MR) is 157 cm³/mol. The Balaban J connectivity index is 0.000000389. The van der Waals surface area contributed by atoms with Crippen LogP contribution in [0.1, 0.15) is 32.3 Å². The third-order valence-electron chi connectivity index (χ3n) is 6.08. The Labute approximate surface area is 253 Å². The maximum atomic E-state index is 13.3. The number of nitrogens with zero attached hydrogens (tertiary/aromatic N) is 2. The number of halogens is 4. The van der Waals surface area contributed by atoms with Crippen molar-refractivity contribution in [1.82, 2.24) is 9.88 Å². The number of ether oxygens (including phenoxy) is 2. The van der Waals surface area contributed by atoms with Crippen LogP contribution in [0.25, 0.3) is 10.9 Å². The number of hydrogen-bond donors (Lipinski definition) is 4. The number of amides is 1. The van der Waals surface area contributed by atoms with Gasteiger partial charge in [-0.2, -0.15) is 13.2 Å². The first-order valence-corrected chi connectivity index (χ1v) is 13.8. The Morgan fingerprint density at radius 2 is 1.75 bits per heavy atom. The van der Waals surface area contributed by atoms with E-state index in [9.17, 15) is 32.3 Å². The lowest BCUT2D eigenvalue weighted by Gasteiger charge is -2.29. The van der Waals surface area contributed by atoms with E-state index in [1.54, 1.807) is 25.2 Å². The number of carbonyl (C=O) groups is 2. The molecule has 1 amide bonds. The minimum Gasteiger partial charge on any atom is -0.505 e. The number of aromatic nitrogens is 1. The van der Waals surface area contributed by atoms with Gasteiger partial charge in [-0.25, -0.2) is 9.18 Å². The molecule has 0 aliphatic rings. The number of aromatic hydroxyl groups is 1. The molecule has 10 nitrogen and oxygen atoms in total. The number of esters is 1. The fourth-order valence-electron chi connectivity index (χ4n) is 3.74. The van der Waals surface area contributed by atoms with Crippen LogP contribution in [0.2, 0.25) is 0 Å². The van der Waals surface area contributed by atoms with Gasteiger partial charge in [0, 0.05) is 31.8 Å². The highest BCUT2D eigenvalue weighted by atomic mass is 19.4. The van der Waals surface area contributed by atoms with Gasteiger partial charge in [-0.05, 0) is 75.5 Å². The fraction of sp³-hybridized carbons (Fsp3) is 0.433. The summed E-state index contributed by atoms with van der Waals surface area (Å²) in [5.74, 6) is -3.92. The predicted octanol–water partition coefficient (Wildman–Crippen LogP) is 3.70. The Morgan fingerprint density at radius 3 is 2.30 bits per heavy atom. The van der Waals surface area contributed by atoms with Crippen molar-refractivity contribution in [2.24, 2.45) is 11.5 Å². The number of carbonyl (C=O) groups excluding carboxylic acids is 2. The zero-order valence-corrected chi connectivity index (χ0v) is 24.9. The number of aliphatic hydroxyl groups is 1. The number of alkyl halides is 3. The molecule has 2 aromatic carbocycles. The minimum atomic E-state index is -5.01. The number of pyridine rings is 1. The van der Waals surface area contributed by atoms with Gasteiger partial charge in [-0.1, -0.05) is 18.2 Å². The first-order valence-electron chi connectivity index (χ1n) is 13.8. The van der Waals surface area contributed by atoms with Crippen LogP contribution in [0.3, 0.4) is 0 Å². The fourth-order valence-corrected chi connectivity index (χ4v) is 3.74. The maximum Gasteiger partial charge on any atom is 0.491 e. The molecule has 3 rings (SSSR count). The number of para-hydroxylation sites is 1. The van der Waals surface area contributed by atoms with Crippen LogP contribution in [0.4, 0.5) is 17.6 Å². The van der Waals surface area contributed by atoms with Gasteiger partial charge in [0.15, 0.2) is 11.6 Å². The summed E-state index contributed by atoms with van der Waals surface area (Å²) in [6.07, 6.45) is -2.29. The van der Waals surface area contributed by atoms with E-state index < -0.39 is 29.8 Å². The summed E-state index contributed by atoms with van der Waals surface area (Å²) in [7, 11) is 1.58. The highest BCUT2D eigenvalue weighted by molar-refractivity contribution is 5.88. The number of phenols is 1. The van der Waals surface area contributed by atoms with Crippen LogP contribution in [0.15, 0.2) is 54.7 Å². The van der Waals surface area contributed by atoms with Crippen molar-refractivity contribution in [3.8, 4) is 11.5 Å². The summed E-state index contributed by atoms with van der Waals surface area (Å²) in [6, 6.07) is 10.4. The van der Waals surface area contributed by atoms with Crippen molar-refractivity contribution >= 4 is 22.8 Å². The molecule has 2 unspecified atom stereocenters. The van der Waals surface area contributed by atoms with Gasteiger partial charge in [0.1, 0.15) is 5.75 Å². The smallest absolute Gasteiger partial charge is 0.491 e. The second-order valence-corrected chi connectivity index (χ2v) is 9.31. The van der Waals surface area contributed by atoms with E-state index in [2.05, 4.69) is 9.72 Å². The zero-order chi connectivity index (χ0) is 33.3. The van der Waals surface area contributed by atoms with Crippen LogP contribution < -0.4 is 16.2 Å². The summed E-state index contributed by atoms with van der Waals surface area (Å²) >= 11 is 0. The first kappa shape index (κ1) is 38.2. The Morgan fingerprint density at radius 1 is 1.09 bits per heavy atom. The van der Waals surface area contributed by atoms with Crippen LogP contribution in [-0.2, 0) is 20.7 Å². The van der Waals surface area contributed by atoms with E-state index in [-0.39, 0.29) is 30.7 Å². The summed E-state index contributed by atoms with van der Waals surface area (Å²) in [4.78, 5) is 28.3. The highest BCUT2D eigenvalue weighted by Crippen LogP contribution is 2.26. The third kappa shape index (κ3) is 12.8. The van der Waals surface area contributed by atoms with Gasteiger partial charge >= 0.3 is 12.1 Å². The molecule has 0 saturated carbocycles. The quantitative estimate of drug-likeness (QED) is 0.183. The van der Waals surface area contributed by atoms with Crippen LogP contribution in [0, 0.1) is 5.82 Å². The number of benzene rings is 2. The molecule has 6 N–H and O–H groups in total. The summed E-state index contributed by atoms with van der Waals surface area (Å²) in [5.41, 5.74) is 12.3. The second kappa shape index (κ2) is 19.4. The molecule has 14 heteroatoms. The summed E-state index contributed by atoms with van der Waals surface area (Å²) in [5, 5.41) is 18.9. The van der Waals surface area contributed by atoms with E-state index in [0.717, 1.165) is 19.3 Å². The lowest BCUT2D eigenvalue weighted by molar-refractivity contribution is -0.189. The molecule has 244 valence electrons. The van der Waals surface area contributed by atoms with E-state index in [1.165, 1.54) is 35.4 Å². The van der Waals surface area contributed by atoms with Crippen molar-refractivity contribution in [3.05, 3.63) is 66.1 Å². The number of likely N-dealkylation sites (N-methyl/N-ethyl adjacent to an activating group) is 1. The van der Waals surface area contributed by atoms with Crippen molar-refractivity contribution < 1.29 is 46.8 Å². The molecule has 0 saturated heterocycles. The standard InChI is InChI=1S/C15H24FN3O3.C11H6F3NO2.C4H10O/c1-19(11(9-20)3-2-6-17)15(22)13(18)8-10-4-5-14(21)12(16)7-10;12-11(13,14)10(16)17-9-5-6-15-8-4-2-1-3-7(8)9;1-3-5-4-2/h4-5,7,11,13,20-21H,2-3,6,8-9,17-18H2,1H3;1-6H;3-4H2,1-2H3. The number of aliphatic hydroxyl groups excluding tert-OH is 1. The van der Waals surface area contributed by atoms with Gasteiger partial charge in [0.25, 0.3) is 0 Å². The maximum absolute atomic E-state index is 13.3. The molecular formula is C30H40F4N4O6. The van der Waals surface area contributed by atoms with Crippen LogP contribution in [0.5, 0.6) is 11.5 Å². The SMILES string of the molecule is CCOCC.CN(C(=O)C(N)Cc1ccc(O)c(F)c1)C(CO)CCCN.O=C(Oc1ccnc2ccccc12)C(F)(F)F. The average Bonchev–Trinajstić information content (AvgIpc) is 2.99. The molecule has 0 aliphatic carbocycles. The van der Waals surface area contributed by atoms with Crippen LogP contribution >= 0.6 is 0 Å². The highest BCUT2D eigenvalue weighted by Gasteiger charge is 2.41. The number of rotatable bonds is 11. The van der Waals surface area contributed by atoms with Crippen molar-refractivity contribution in [1.29, 1.82) is 0 Å². The summed E-state index contributed by atoms with van der Waals surface area (Å²) in [6.45, 7) is 5.99. The largest absolute Gasteiger partial charge is 0.505 e. The molecule has 0 spiro atoms. The van der Waals surface area contributed by atoms with Crippen molar-refractivity contribution in [3.63, 3.8) is 0 Å². The molecule has 0 fully saturated rings. The molecule has 2 atom stereocenters. The number of hydrogen-bond acceptors (Lipinski definition) is 9. The summed E-state index contributed by atoms with van der Waals surface area (Å²) < 4.78 is 58.5. The second-order valence-electron chi connectivity index (χ2n) is 9.31. The Kier molecular flexibility index (Phi) is 16.9. The Bertz CT molecular complexity index is 1300. The Hall–Kier alpha value is -3.85. The van der Waals surface area contributed by atoms with Crippen molar-refractivity contribution in [2.75, 3.05) is 33.4 Å². The molecule has 0 bridgehead atoms. The topological polar surface area (TPSA) is 161 Å². The average molecular weight is 629 g/mol. The van der Waals surface area contributed by atoms with E-state index in [0.29, 0.717) is 35.9 Å². The monoisotopic (exact) mass is 628 g/mol. The number of nitrogens with two attached hydrogens (primary N) is 2. The van der Waals surface area contributed by atoms with Crippen molar-refractivity contribution in [2.45, 2.75) is 51.4 Å². The molecule has 0 aliphatic heterocycles. The first-order chi connectivity index (χ1) is 20.8. The molecule has 3 aromatic rings. The van der Waals surface area contributed by atoms with E-state index in [1.807, 2.05) is 13.8 Å². The molecule has 0 radical (unpaired) electrons. The molecule has 44 heavy (non-hydrogen) atoms. The third-order valence-corrected chi connectivity index (χ3v) is 6.08. The van der Waals surface area contributed by atoms with E-state index >= 15 is 0 Å². The number of phenolic OH excluding ortho intramolecular Hbond substituents is 1. The zero-order valence-electron chi connectivity index (χ0n) is 24.9. The van der Waals surface area contributed by atoms with Gasteiger partial charge in [0.2, 0.25) is 5.91 Å². The van der Waals surface area contributed by atoms with Gasteiger partial charge < -0.3 is 36.1 Å². The minimum absolute atomic E-state index is 0.148. The molecule has 1 aromatic heterocycles. The van der Waals surface area contributed by atoms with Crippen LogP contribution in [-0.4, -0.2) is 83.6 Å². The van der Waals surface area contributed by atoms with Gasteiger partial charge in [0.05, 0.1) is 24.2 Å². The lowest BCUT2D eigenvalue weighted by Crippen LogP contribution is -2.48. The van der Waals surface area contributed by atoms with Gasteiger partial charge in [-0.3, -0.25) is 9.78 Å². The van der Waals surface area contributed by atoms with Gasteiger partial charge in [-0.15, -0.1) is 0 Å². The molecule has 1 heterocycles. The lowest BCUT2D eigenvalue weighted by atomic mass is 10.0. The molecular weight excluding hydrogens is 588 g/mol. The number of fused-ring (bicyclic) bond motifs is 1. The van der Waals surface area contributed by atoms with E-state index in [4.69, 9.17) is 21.3 Å². The normalized spacial score (nSPS) is 12.2.